The van der Waals surface area contributed by atoms with Gasteiger partial charge in [0, 0.05) is 19.9 Å². The summed E-state index contributed by atoms with van der Waals surface area (Å²) in [6.45, 7) is 2.92. The summed E-state index contributed by atoms with van der Waals surface area (Å²) in [5.74, 6) is -0.876. The van der Waals surface area contributed by atoms with Crippen LogP contribution in [0.3, 0.4) is 0 Å². The highest BCUT2D eigenvalue weighted by Gasteiger charge is 2.06. The van der Waals surface area contributed by atoms with E-state index in [2.05, 4.69) is 0 Å². The third-order valence-corrected chi connectivity index (χ3v) is 1.93. The van der Waals surface area contributed by atoms with Crippen molar-refractivity contribution >= 4 is 18.0 Å². The molecule has 0 saturated carbocycles. The molecular formula is C13H14O5. The lowest BCUT2D eigenvalue weighted by Crippen LogP contribution is -2.18. The minimum atomic E-state index is -1.00. The number of rotatable bonds is 5. The second-order valence-electron chi connectivity index (χ2n) is 3.54. The zero-order valence-corrected chi connectivity index (χ0v) is 10.1. The largest absolute Gasteiger partial charge is 0.478 e. The monoisotopic (exact) mass is 250 g/mol. The van der Waals surface area contributed by atoms with Crippen molar-refractivity contribution in [2.45, 2.75) is 20.1 Å². The molecule has 5 nitrogen and oxygen atoms in total. The van der Waals surface area contributed by atoms with Crippen LogP contribution >= 0.6 is 0 Å². The van der Waals surface area contributed by atoms with Crippen molar-refractivity contribution in [3.8, 4) is 5.75 Å². The van der Waals surface area contributed by atoms with Crippen LogP contribution in [0.5, 0.6) is 5.75 Å². The summed E-state index contributed by atoms with van der Waals surface area (Å²) in [6.07, 6.45) is 1.86. The molecule has 96 valence electrons. The molecule has 0 saturated heterocycles. The number of hydrogen-bond donors (Lipinski definition) is 1. The number of aliphatic carboxylic acids is 1. The van der Waals surface area contributed by atoms with Gasteiger partial charge in [0.05, 0.1) is 0 Å². The fraction of sp³-hybridized carbons (Fsp3) is 0.231. The van der Waals surface area contributed by atoms with E-state index in [1.165, 1.54) is 13.0 Å². The molecule has 1 atom stereocenters. The SMILES string of the molecule is CC(=O)OC(C)Oc1ccc(/C=C/C(=O)O)cc1. The Morgan fingerprint density at radius 2 is 1.89 bits per heavy atom. The number of carboxylic acids is 1. The molecule has 1 aromatic rings. The molecule has 1 rings (SSSR count). The quantitative estimate of drug-likeness (QED) is 0.492. The van der Waals surface area contributed by atoms with E-state index in [0.717, 1.165) is 11.6 Å². The van der Waals surface area contributed by atoms with Crippen molar-refractivity contribution in [3.63, 3.8) is 0 Å². The zero-order chi connectivity index (χ0) is 13.5. The van der Waals surface area contributed by atoms with Crippen molar-refractivity contribution in [1.29, 1.82) is 0 Å². The second kappa shape index (κ2) is 6.44. The maximum Gasteiger partial charge on any atom is 0.328 e. The maximum absolute atomic E-state index is 10.7. The third kappa shape index (κ3) is 5.16. The molecule has 5 heteroatoms. The normalized spacial score (nSPS) is 12.1. The first-order valence-corrected chi connectivity index (χ1v) is 5.32. The Bertz CT molecular complexity index is 447. The van der Waals surface area contributed by atoms with Crippen molar-refractivity contribution in [2.75, 3.05) is 0 Å². The van der Waals surface area contributed by atoms with Crippen LogP contribution in [0.4, 0.5) is 0 Å². The van der Waals surface area contributed by atoms with Gasteiger partial charge >= 0.3 is 11.9 Å². The van der Waals surface area contributed by atoms with Crippen LogP contribution in [-0.4, -0.2) is 23.3 Å². The van der Waals surface area contributed by atoms with Crippen LogP contribution in [0.15, 0.2) is 30.3 Å². The summed E-state index contributed by atoms with van der Waals surface area (Å²) in [5.41, 5.74) is 0.741. The topological polar surface area (TPSA) is 72.8 Å². The van der Waals surface area contributed by atoms with Gasteiger partial charge in [-0.2, -0.15) is 0 Å². The standard InChI is InChI=1S/C13H14O5/c1-9(14)17-10(2)18-12-6-3-11(4-7-12)5-8-13(15)16/h3-8,10H,1-2H3,(H,15,16)/b8-5+. The summed E-state index contributed by atoms with van der Waals surface area (Å²) in [5, 5.41) is 8.47. The molecule has 0 bridgehead atoms. The first-order valence-electron chi connectivity index (χ1n) is 5.32. The summed E-state index contributed by atoms with van der Waals surface area (Å²) in [6, 6.07) is 6.74. The first-order chi connectivity index (χ1) is 8.47. The minimum absolute atomic E-state index is 0.413. The van der Waals surface area contributed by atoms with Gasteiger partial charge in [-0.3, -0.25) is 4.79 Å². The fourth-order valence-electron chi connectivity index (χ4n) is 1.27. The molecule has 0 aliphatic rings. The number of carboxylic acid groups (broad SMARTS) is 1. The minimum Gasteiger partial charge on any atom is -0.478 e. The van der Waals surface area contributed by atoms with Gasteiger partial charge in [-0.25, -0.2) is 4.79 Å². The van der Waals surface area contributed by atoms with E-state index in [-0.39, 0.29) is 0 Å². The highest BCUT2D eigenvalue weighted by Crippen LogP contribution is 2.15. The van der Waals surface area contributed by atoms with Gasteiger partial charge in [-0.05, 0) is 23.8 Å². The van der Waals surface area contributed by atoms with E-state index >= 15 is 0 Å². The number of carbonyl (C=O) groups is 2. The van der Waals surface area contributed by atoms with Crippen molar-refractivity contribution in [2.24, 2.45) is 0 Å². The van der Waals surface area contributed by atoms with Crippen LogP contribution < -0.4 is 4.74 Å². The average molecular weight is 250 g/mol. The number of esters is 1. The lowest BCUT2D eigenvalue weighted by Gasteiger charge is -2.14. The molecule has 1 N–H and O–H groups in total. The number of carbonyl (C=O) groups excluding carboxylic acids is 1. The fourth-order valence-corrected chi connectivity index (χ4v) is 1.27. The molecule has 0 aliphatic carbocycles. The predicted octanol–water partition coefficient (Wildman–Crippen LogP) is 2.07. The predicted molar refractivity (Wildman–Crippen MR) is 65.0 cm³/mol. The average Bonchev–Trinajstić information content (AvgIpc) is 2.26. The van der Waals surface area contributed by atoms with Crippen LogP contribution in [0.1, 0.15) is 19.4 Å². The molecule has 0 amide bonds. The highest BCUT2D eigenvalue weighted by atomic mass is 16.7. The van der Waals surface area contributed by atoms with Crippen LogP contribution in [0.2, 0.25) is 0 Å². The van der Waals surface area contributed by atoms with Crippen LogP contribution in [0.25, 0.3) is 6.08 Å². The van der Waals surface area contributed by atoms with E-state index in [4.69, 9.17) is 14.6 Å². The van der Waals surface area contributed by atoms with Crippen molar-refractivity contribution in [1.82, 2.24) is 0 Å². The molecular weight excluding hydrogens is 236 g/mol. The lowest BCUT2D eigenvalue weighted by atomic mass is 10.2. The van der Waals surface area contributed by atoms with Crippen LogP contribution in [0, 0.1) is 0 Å². The van der Waals surface area contributed by atoms with E-state index < -0.39 is 18.2 Å². The first kappa shape index (κ1) is 13.8. The van der Waals surface area contributed by atoms with Gasteiger partial charge in [0.15, 0.2) is 0 Å². The van der Waals surface area contributed by atoms with Crippen molar-refractivity contribution in [3.05, 3.63) is 35.9 Å². The lowest BCUT2D eigenvalue weighted by molar-refractivity contribution is -0.158. The molecule has 0 fully saturated rings. The van der Waals surface area contributed by atoms with Crippen LogP contribution in [-0.2, 0) is 14.3 Å². The second-order valence-corrected chi connectivity index (χ2v) is 3.54. The molecule has 0 heterocycles. The summed E-state index contributed by atoms with van der Waals surface area (Å²) >= 11 is 0. The van der Waals surface area contributed by atoms with E-state index in [1.807, 2.05) is 0 Å². The van der Waals surface area contributed by atoms with Gasteiger partial charge in [0.2, 0.25) is 6.29 Å². The summed E-state index contributed by atoms with van der Waals surface area (Å²) in [7, 11) is 0. The van der Waals surface area contributed by atoms with Gasteiger partial charge in [-0.15, -0.1) is 0 Å². The number of benzene rings is 1. The Morgan fingerprint density at radius 3 is 2.39 bits per heavy atom. The van der Waals surface area contributed by atoms with E-state index in [0.29, 0.717) is 5.75 Å². The van der Waals surface area contributed by atoms with Gasteiger partial charge in [0.1, 0.15) is 5.75 Å². The Hall–Kier alpha value is -2.30. The molecule has 18 heavy (non-hydrogen) atoms. The highest BCUT2D eigenvalue weighted by molar-refractivity contribution is 5.85. The summed E-state index contributed by atoms with van der Waals surface area (Å²) in [4.78, 5) is 21.0. The molecule has 0 aliphatic heterocycles. The Kier molecular flexibility index (Phi) is 4.92. The Labute approximate surface area is 105 Å². The molecule has 1 aromatic carbocycles. The summed E-state index contributed by atoms with van der Waals surface area (Å²) < 4.78 is 10.1. The van der Waals surface area contributed by atoms with E-state index in [1.54, 1.807) is 31.2 Å². The smallest absolute Gasteiger partial charge is 0.328 e. The molecule has 0 spiro atoms. The van der Waals surface area contributed by atoms with Crippen molar-refractivity contribution < 1.29 is 24.2 Å². The molecule has 1 unspecified atom stereocenters. The van der Waals surface area contributed by atoms with Gasteiger partial charge in [-0.1, -0.05) is 12.1 Å². The molecule has 0 radical (unpaired) electrons. The van der Waals surface area contributed by atoms with E-state index in [9.17, 15) is 9.59 Å². The Morgan fingerprint density at radius 1 is 1.28 bits per heavy atom. The Balaban J connectivity index is 2.60. The maximum atomic E-state index is 10.7. The zero-order valence-electron chi connectivity index (χ0n) is 10.1. The van der Waals surface area contributed by atoms with Gasteiger partial charge in [0.25, 0.3) is 0 Å². The number of hydrogen-bond acceptors (Lipinski definition) is 4. The van der Waals surface area contributed by atoms with Gasteiger partial charge < -0.3 is 14.6 Å². The third-order valence-electron chi connectivity index (χ3n) is 1.93. The number of ether oxygens (including phenoxy) is 2. The molecule has 0 aromatic heterocycles.